The van der Waals surface area contributed by atoms with Crippen LogP contribution in [0, 0.1) is 5.82 Å². The van der Waals surface area contributed by atoms with Crippen LogP contribution in [0.3, 0.4) is 0 Å². The van der Waals surface area contributed by atoms with Gasteiger partial charge in [0.2, 0.25) is 5.75 Å². The first kappa shape index (κ1) is 19.6. The van der Waals surface area contributed by atoms with Gasteiger partial charge in [-0.15, -0.1) is 0 Å². The van der Waals surface area contributed by atoms with Gasteiger partial charge in [0.1, 0.15) is 17.2 Å². The Bertz CT molecular complexity index is 1150. The minimum absolute atomic E-state index is 0.0505. The summed E-state index contributed by atoms with van der Waals surface area (Å²) in [4.78, 5) is 21.6. The van der Waals surface area contributed by atoms with E-state index in [1.54, 1.807) is 23.7 Å². The average molecular weight is 419 g/mol. The van der Waals surface area contributed by atoms with Gasteiger partial charge in [0.05, 0.1) is 18.8 Å². The van der Waals surface area contributed by atoms with E-state index in [-0.39, 0.29) is 22.5 Å². The summed E-state index contributed by atoms with van der Waals surface area (Å²) in [5.41, 5.74) is 0.226. The second kappa shape index (κ2) is 6.96. The Morgan fingerprint density at radius 1 is 1.28 bits per heavy atom. The topological polar surface area (TPSA) is 82.2 Å². The first-order valence-corrected chi connectivity index (χ1v) is 9.51. The first-order valence-electron chi connectivity index (χ1n) is 9.13. The van der Waals surface area contributed by atoms with Gasteiger partial charge < -0.3 is 14.4 Å². The largest absolute Gasteiger partial charge is 0.501 e. The minimum Gasteiger partial charge on any atom is -0.501 e. The van der Waals surface area contributed by atoms with E-state index in [1.807, 2.05) is 13.8 Å². The molecule has 0 amide bonds. The van der Waals surface area contributed by atoms with E-state index in [0.29, 0.717) is 31.1 Å². The van der Waals surface area contributed by atoms with Crippen LogP contribution >= 0.6 is 11.6 Å². The number of halogens is 2. The number of rotatable bonds is 3. The molecule has 0 saturated heterocycles. The van der Waals surface area contributed by atoms with Crippen LogP contribution in [0.5, 0.6) is 5.75 Å². The SMILES string of the molecule is Cn1c(-c2nc3n(c(=O)c2O)CCOC3(C)C)nc(Cl)c1Cc1ccc(F)cc1. The molecule has 9 heteroatoms. The number of nitrogens with zero attached hydrogens (tertiary/aromatic N) is 4. The molecule has 1 aromatic carbocycles. The number of imidazole rings is 1. The van der Waals surface area contributed by atoms with Crippen LogP contribution in [0.25, 0.3) is 11.5 Å². The molecule has 0 spiro atoms. The zero-order valence-electron chi connectivity index (χ0n) is 16.2. The fourth-order valence-electron chi connectivity index (χ4n) is 3.52. The van der Waals surface area contributed by atoms with Crippen molar-refractivity contribution in [3.05, 3.63) is 62.7 Å². The lowest BCUT2D eigenvalue weighted by Gasteiger charge is -2.32. The molecule has 0 fully saturated rings. The normalized spacial score (nSPS) is 15.3. The molecule has 0 unspecified atom stereocenters. The summed E-state index contributed by atoms with van der Waals surface area (Å²) >= 11 is 6.35. The number of hydrogen-bond donors (Lipinski definition) is 1. The zero-order valence-corrected chi connectivity index (χ0v) is 17.0. The minimum atomic E-state index is -0.786. The van der Waals surface area contributed by atoms with E-state index in [1.165, 1.54) is 16.7 Å². The summed E-state index contributed by atoms with van der Waals surface area (Å²) in [6.45, 7) is 4.30. The Hall–Kier alpha value is -2.71. The van der Waals surface area contributed by atoms with Gasteiger partial charge in [-0.2, -0.15) is 0 Å². The third kappa shape index (κ3) is 3.32. The van der Waals surface area contributed by atoms with E-state index in [4.69, 9.17) is 16.3 Å². The molecule has 1 N–H and O–H groups in total. The van der Waals surface area contributed by atoms with Crippen molar-refractivity contribution in [2.75, 3.05) is 6.61 Å². The lowest BCUT2D eigenvalue weighted by Crippen LogP contribution is -2.41. The van der Waals surface area contributed by atoms with Crippen LogP contribution < -0.4 is 5.56 Å². The summed E-state index contributed by atoms with van der Waals surface area (Å²) in [6.07, 6.45) is 0.405. The van der Waals surface area contributed by atoms with E-state index < -0.39 is 16.9 Å². The van der Waals surface area contributed by atoms with Gasteiger partial charge in [-0.05, 0) is 31.5 Å². The number of aromatic hydroxyl groups is 1. The van der Waals surface area contributed by atoms with Crippen molar-refractivity contribution in [1.29, 1.82) is 0 Å². The van der Waals surface area contributed by atoms with Crippen molar-refractivity contribution >= 4 is 11.6 Å². The molecular formula is C20H20ClFN4O3. The Morgan fingerprint density at radius 3 is 2.66 bits per heavy atom. The maximum Gasteiger partial charge on any atom is 0.296 e. The Morgan fingerprint density at radius 2 is 1.97 bits per heavy atom. The van der Waals surface area contributed by atoms with Crippen molar-refractivity contribution in [3.8, 4) is 17.3 Å². The van der Waals surface area contributed by atoms with Gasteiger partial charge in [0.15, 0.2) is 16.7 Å². The fourth-order valence-corrected chi connectivity index (χ4v) is 3.80. The van der Waals surface area contributed by atoms with Gasteiger partial charge in [0, 0.05) is 13.5 Å². The average Bonchev–Trinajstić information content (AvgIpc) is 2.94. The standard InChI is InChI=1S/C20H20ClFN4O3/c1-20(2)19-23-14(15(27)18(28)26(19)8-9-29-20)17-24-16(21)13(25(17)3)10-11-4-6-12(22)7-5-11/h4-7,27H,8-10H2,1-3H3. The fraction of sp³-hybridized carbons (Fsp3) is 0.350. The third-order valence-electron chi connectivity index (χ3n) is 5.12. The summed E-state index contributed by atoms with van der Waals surface area (Å²) in [7, 11) is 1.73. The van der Waals surface area contributed by atoms with Gasteiger partial charge in [-0.25, -0.2) is 14.4 Å². The number of fused-ring (bicyclic) bond motifs is 1. The second-order valence-electron chi connectivity index (χ2n) is 7.48. The Balaban J connectivity index is 1.83. The van der Waals surface area contributed by atoms with Crippen LogP contribution in [-0.2, 0) is 30.4 Å². The molecule has 7 nitrogen and oxygen atoms in total. The molecule has 4 rings (SSSR count). The first-order chi connectivity index (χ1) is 13.7. The van der Waals surface area contributed by atoms with Gasteiger partial charge in [0.25, 0.3) is 5.56 Å². The van der Waals surface area contributed by atoms with Gasteiger partial charge in [-0.3, -0.25) is 9.36 Å². The van der Waals surface area contributed by atoms with E-state index in [9.17, 15) is 14.3 Å². The molecule has 0 bridgehead atoms. The molecular weight excluding hydrogens is 399 g/mol. The number of ether oxygens (including phenoxy) is 1. The highest BCUT2D eigenvalue weighted by Gasteiger charge is 2.34. The van der Waals surface area contributed by atoms with Crippen molar-refractivity contribution in [2.24, 2.45) is 7.05 Å². The smallest absolute Gasteiger partial charge is 0.296 e. The van der Waals surface area contributed by atoms with Crippen LogP contribution in [0.1, 0.15) is 30.9 Å². The summed E-state index contributed by atoms with van der Waals surface area (Å²) in [5.74, 6) is -0.115. The van der Waals surface area contributed by atoms with Crippen molar-refractivity contribution in [3.63, 3.8) is 0 Å². The molecule has 3 heterocycles. The van der Waals surface area contributed by atoms with Gasteiger partial charge >= 0.3 is 0 Å². The van der Waals surface area contributed by atoms with E-state index in [0.717, 1.165) is 5.56 Å². The molecule has 3 aromatic rings. The Kier molecular flexibility index (Phi) is 4.71. The molecule has 0 radical (unpaired) electrons. The lowest BCUT2D eigenvalue weighted by atomic mass is 10.1. The van der Waals surface area contributed by atoms with E-state index >= 15 is 0 Å². The molecule has 2 aromatic heterocycles. The summed E-state index contributed by atoms with van der Waals surface area (Å²) in [5, 5.41) is 10.8. The zero-order chi connectivity index (χ0) is 20.9. The lowest BCUT2D eigenvalue weighted by molar-refractivity contribution is -0.0564. The highest BCUT2D eigenvalue weighted by molar-refractivity contribution is 6.30. The van der Waals surface area contributed by atoms with Crippen LogP contribution in [0.4, 0.5) is 4.39 Å². The Labute approximate surface area is 171 Å². The summed E-state index contributed by atoms with van der Waals surface area (Å²) in [6, 6.07) is 6.08. The van der Waals surface area contributed by atoms with Gasteiger partial charge in [-0.1, -0.05) is 23.7 Å². The van der Waals surface area contributed by atoms with Crippen LogP contribution in [0.15, 0.2) is 29.1 Å². The molecule has 1 aliphatic heterocycles. The number of benzene rings is 1. The van der Waals surface area contributed by atoms with E-state index in [2.05, 4.69) is 9.97 Å². The van der Waals surface area contributed by atoms with Crippen molar-refractivity contribution in [1.82, 2.24) is 19.1 Å². The second-order valence-corrected chi connectivity index (χ2v) is 7.84. The highest BCUT2D eigenvalue weighted by atomic mass is 35.5. The number of aromatic nitrogens is 4. The van der Waals surface area contributed by atoms with Crippen LogP contribution in [0.2, 0.25) is 5.15 Å². The highest BCUT2D eigenvalue weighted by Crippen LogP contribution is 2.33. The molecule has 152 valence electrons. The molecule has 0 saturated carbocycles. The monoisotopic (exact) mass is 418 g/mol. The maximum atomic E-state index is 13.2. The van der Waals surface area contributed by atoms with Crippen molar-refractivity contribution < 1.29 is 14.2 Å². The van der Waals surface area contributed by atoms with Crippen LogP contribution in [-0.4, -0.2) is 30.8 Å². The summed E-state index contributed by atoms with van der Waals surface area (Å²) < 4.78 is 22.0. The maximum absolute atomic E-state index is 13.2. The molecule has 0 atom stereocenters. The third-order valence-corrected chi connectivity index (χ3v) is 5.43. The molecule has 1 aliphatic rings. The molecule has 29 heavy (non-hydrogen) atoms. The number of hydrogen-bond acceptors (Lipinski definition) is 5. The quantitative estimate of drug-likeness (QED) is 0.707. The van der Waals surface area contributed by atoms with Crippen molar-refractivity contribution in [2.45, 2.75) is 32.4 Å². The predicted octanol–water partition coefficient (Wildman–Crippen LogP) is 3.00. The predicted molar refractivity (Wildman–Crippen MR) is 106 cm³/mol. The molecule has 0 aliphatic carbocycles.